The van der Waals surface area contributed by atoms with Crippen LogP contribution in [-0.4, -0.2) is 36.0 Å². The lowest BCUT2D eigenvalue weighted by atomic mass is 10.1. The van der Waals surface area contributed by atoms with Gasteiger partial charge in [-0.15, -0.1) is 0 Å². The lowest BCUT2D eigenvalue weighted by molar-refractivity contribution is 0.0942. The number of hydrogen-bond acceptors (Lipinski definition) is 3. The first-order valence-corrected chi connectivity index (χ1v) is 9.21. The van der Waals surface area contributed by atoms with Crippen molar-refractivity contribution in [2.45, 2.75) is 13.0 Å². The number of benzene rings is 1. The van der Waals surface area contributed by atoms with E-state index in [1.165, 1.54) is 5.56 Å². The molecule has 130 valence electrons. The monoisotopic (exact) mass is 353 g/mol. The maximum Gasteiger partial charge on any atom is 0.251 e. The Morgan fingerprint density at radius 1 is 1.24 bits per heavy atom. The van der Waals surface area contributed by atoms with Gasteiger partial charge >= 0.3 is 0 Å². The highest BCUT2D eigenvalue weighted by Gasteiger charge is 2.16. The number of thiophene rings is 1. The third kappa shape index (κ3) is 4.00. The number of aromatic nitrogens is 1. The largest absolute Gasteiger partial charge is 0.350 e. The maximum atomic E-state index is 12.6. The van der Waals surface area contributed by atoms with Gasteiger partial charge in [-0.2, -0.15) is 11.3 Å². The van der Waals surface area contributed by atoms with Crippen molar-refractivity contribution in [3.8, 4) is 5.69 Å². The van der Waals surface area contributed by atoms with E-state index >= 15 is 0 Å². The van der Waals surface area contributed by atoms with Crippen LogP contribution in [0.5, 0.6) is 0 Å². The standard InChI is InChI=1S/C20H23N3OS/c1-15-6-7-16(12-18(15)23-9-4-5-10-23)20(24)21-13-19(22(2)3)17-8-11-25-14-17/h4-12,14,19H,13H2,1-3H3,(H,21,24)/t19-/m1/s1. The van der Waals surface area contributed by atoms with Gasteiger partial charge in [-0.05, 0) is 73.2 Å². The molecule has 25 heavy (non-hydrogen) atoms. The van der Waals surface area contributed by atoms with Gasteiger partial charge in [-0.3, -0.25) is 4.79 Å². The Morgan fingerprint density at radius 2 is 2.00 bits per heavy atom. The van der Waals surface area contributed by atoms with Crippen molar-refractivity contribution in [1.82, 2.24) is 14.8 Å². The van der Waals surface area contributed by atoms with Crippen molar-refractivity contribution in [2.24, 2.45) is 0 Å². The molecule has 0 saturated heterocycles. The van der Waals surface area contributed by atoms with Crippen molar-refractivity contribution < 1.29 is 4.79 Å². The smallest absolute Gasteiger partial charge is 0.251 e. The Hall–Kier alpha value is -2.37. The van der Waals surface area contributed by atoms with E-state index in [-0.39, 0.29) is 11.9 Å². The summed E-state index contributed by atoms with van der Waals surface area (Å²) in [5, 5.41) is 7.27. The fourth-order valence-electron chi connectivity index (χ4n) is 2.88. The number of likely N-dealkylation sites (N-methyl/N-ethyl adjacent to an activating group) is 1. The van der Waals surface area contributed by atoms with E-state index in [2.05, 4.69) is 34.0 Å². The summed E-state index contributed by atoms with van der Waals surface area (Å²) in [5.41, 5.74) is 4.07. The lowest BCUT2D eigenvalue weighted by Crippen LogP contribution is -2.34. The molecule has 0 aliphatic heterocycles. The van der Waals surface area contributed by atoms with Crippen molar-refractivity contribution in [3.63, 3.8) is 0 Å². The van der Waals surface area contributed by atoms with Crippen LogP contribution in [0.25, 0.3) is 5.69 Å². The molecule has 1 aromatic carbocycles. The molecule has 0 aliphatic carbocycles. The fourth-order valence-corrected chi connectivity index (χ4v) is 3.59. The Bertz CT molecular complexity index is 823. The molecule has 1 amide bonds. The second-order valence-corrected chi connectivity index (χ2v) is 7.12. The summed E-state index contributed by atoms with van der Waals surface area (Å²) in [6.07, 6.45) is 3.98. The summed E-state index contributed by atoms with van der Waals surface area (Å²) >= 11 is 1.68. The molecule has 5 heteroatoms. The quantitative estimate of drug-likeness (QED) is 0.730. The number of carbonyl (C=O) groups is 1. The van der Waals surface area contributed by atoms with Crippen molar-refractivity contribution in [2.75, 3.05) is 20.6 Å². The number of hydrogen-bond donors (Lipinski definition) is 1. The minimum atomic E-state index is -0.0458. The summed E-state index contributed by atoms with van der Waals surface area (Å²) in [5.74, 6) is -0.0458. The van der Waals surface area contributed by atoms with Gasteiger partial charge in [0, 0.05) is 30.2 Å². The van der Waals surface area contributed by atoms with Crippen LogP contribution >= 0.6 is 11.3 Å². The molecule has 0 bridgehead atoms. The Kier molecular flexibility index (Phi) is 5.36. The molecule has 2 aromatic heterocycles. The average Bonchev–Trinajstić information content (AvgIpc) is 3.29. The van der Waals surface area contributed by atoms with Gasteiger partial charge in [-0.25, -0.2) is 0 Å². The number of nitrogens with zero attached hydrogens (tertiary/aromatic N) is 2. The molecular weight excluding hydrogens is 330 g/mol. The van der Waals surface area contributed by atoms with Gasteiger partial charge in [0.05, 0.1) is 6.04 Å². The zero-order valence-electron chi connectivity index (χ0n) is 14.8. The number of aryl methyl sites for hydroxylation is 1. The molecule has 0 fully saturated rings. The van der Waals surface area contributed by atoms with Crippen LogP contribution in [0.3, 0.4) is 0 Å². The van der Waals surface area contributed by atoms with Crippen LogP contribution in [0.1, 0.15) is 27.5 Å². The van der Waals surface area contributed by atoms with Gasteiger partial charge in [0.1, 0.15) is 0 Å². The Balaban J connectivity index is 1.74. The summed E-state index contributed by atoms with van der Waals surface area (Å²) in [6, 6.07) is 12.1. The fraction of sp³-hybridized carbons (Fsp3) is 0.250. The van der Waals surface area contributed by atoms with Crippen LogP contribution in [0.15, 0.2) is 59.6 Å². The molecule has 3 aromatic rings. The topological polar surface area (TPSA) is 37.3 Å². The highest BCUT2D eigenvalue weighted by Crippen LogP contribution is 2.21. The maximum absolute atomic E-state index is 12.6. The van der Waals surface area contributed by atoms with E-state index < -0.39 is 0 Å². The average molecular weight is 353 g/mol. The van der Waals surface area contributed by atoms with Gasteiger partial charge in [0.2, 0.25) is 0 Å². The third-order valence-corrected chi connectivity index (χ3v) is 5.06. The number of nitrogens with one attached hydrogen (secondary N) is 1. The highest BCUT2D eigenvalue weighted by atomic mass is 32.1. The number of rotatable bonds is 6. The normalized spacial score (nSPS) is 12.3. The van der Waals surface area contributed by atoms with Crippen LogP contribution in [0, 0.1) is 6.92 Å². The molecule has 1 N–H and O–H groups in total. The number of amides is 1. The minimum Gasteiger partial charge on any atom is -0.350 e. The van der Waals surface area contributed by atoms with E-state index in [0.717, 1.165) is 11.3 Å². The Labute approximate surface area is 152 Å². The summed E-state index contributed by atoms with van der Waals surface area (Å²) < 4.78 is 2.03. The molecule has 3 rings (SSSR count). The first-order chi connectivity index (χ1) is 12.1. The summed E-state index contributed by atoms with van der Waals surface area (Å²) in [4.78, 5) is 14.8. The summed E-state index contributed by atoms with van der Waals surface area (Å²) in [7, 11) is 4.06. The summed E-state index contributed by atoms with van der Waals surface area (Å²) in [6.45, 7) is 2.63. The zero-order chi connectivity index (χ0) is 17.8. The predicted octanol–water partition coefficient (Wildman–Crippen LogP) is 3.88. The molecule has 4 nitrogen and oxygen atoms in total. The molecule has 0 saturated carbocycles. The van der Waals surface area contributed by atoms with E-state index in [0.29, 0.717) is 12.1 Å². The molecule has 0 unspecified atom stereocenters. The first kappa shape index (κ1) is 17.5. The predicted molar refractivity (Wildman–Crippen MR) is 104 cm³/mol. The van der Waals surface area contributed by atoms with Gasteiger partial charge in [0.25, 0.3) is 5.91 Å². The molecule has 0 aliphatic rings. The second-order valence-electron chi connectivity index (χ2n) is 6.34. The van der Waals surface area contributed by atoms with E-state index in [1.54, 1.807) is 11.3 Å². The van der Waals surface area contributed by atoms with Crippen LogP contribution < -0.4 is 5.32 Å². The van der Waals surface area contributed by atoms with Gasteiger partial charge in [0.15, 0.2) is 0 Å². The molecule has 0 radical (unpaired) electrons. The third-order valence-electron chi connectivity index (χ3n) is 4.36. The molecule has 0 spiro atoms. The molecular formula is C20H23N3OS. The van der Waals surface area contributed by atoms with Gasteiger partial charge < -0.3 is 14.8 Å². The van der Waals surface area contributed by atoms with Crippen molar-refractivity contribution >= 4 is 17.2 Å². The second kappa shape index (κ2) is 7.68. The van der Waals surface area contributed by atoms with E-state index in [1.807, 2.05) is 61.4 Å². The first-order valence-electron chi connectivity index (χ1n) is 8.27. The lowest BCUT2D eigenvalue weighted by Gasteiger charge is -2.24. The Morgan fingerprint density at radius 3 is 2.64 bits per heavy atom. The van der Waals surface area contributed by atoms with Crippen LogP contribution in [-0.2, 0) is 0 Å². The van der Waals surface area contributed by atoms with Gasteiger partial charge in [-0.1, -0.05) is 6.07 Å². The van der Waals surface area contributed by atoms with Crippen molar-refractivity contribution in [3.05, 3.63) is 76.2 Å². The van der Waals surface area contributed by atoms with Crippen molar-refractivity contribution in [1.29, 1.82) is 0 Å². The van der Waals surface area contributed by atoms with E-state index in [9.17, 15) is 4.79 Å². The molecule has 1 atom stereocenters. The van der Waals surface area contributed by atoms with E-state index in [4.69, 9.17) is 0 Å². The zero-order valence-corrected chi connectivity index (χ0v) is 15.6. The van der Waals surface area contributed by atoms with Crippen LogP contribution in [0.4, 0.5) is 0 Å². The molecule has 2 heterocycles. The SMILES string of the molecule is Cc1ccc(C(=O)NC[C@H](c2ccsc2)N(C)C)cc1-n1cccc1. The number of carbonyl (C=O) groups excluding carboxylic acids is 1. The van der Waals surface area contributed by atoms with Crippen LogP contribution in [0.2, 0.25) is 0 Å². The minimum absolute atomic E-state index is 0.0458. The highest BCUT2D eigenvalue weighted by molar-refractivity contribution is 7.07.